The Morgan fingerprint density at radius 2 is 1.74 bits per heavy atom. The van der Waals surface area contributed by atoms with E-state index in [2.05, 4.69) is 20.9 Å². The molecule has 1 aromatic heterocycles. The number of imidazole rings is 1. The van der Waals surface area contributed by atoms with Crippen molar-refractivity contribution in [2.75, 3.05) is 17.2 Å². The summed E-state index contributed by atoms with van der Waals surface area (Å²) in [4.78, 5) is 29.9. The standard InChI is InChI=1S/C26H27N5O3/c1-18-12-13-19(14-22(18)29-25(34)28-20-8-4-3-5-9-20)24(33)30-26(2,16-32)15-31-17-27-21-10-6-7-11-23(21)31/h3-14,17,32H,15-16H2,1-2H3,(H,30,33)(H2,28,29,34). The first kappa shape index (κ1) is 23.0. The molecule has 174 valence electrons. The molecular weight excluding hydrogens is 430 g/mol. The highest BCUT2D eigenvalue weighted by molar-refractivity contribution is 6.02. The van der Waals surface area contributed by atoms with Gasteiger partial charge in [-0.3, -0.25) is 4.79 Å². The molecule has 1 atom stereocenters. The van der Waals surface area contributed by atoms with Gasteiger partial charge in [-0.05, 0) is 55.8 Å². The summed E-state index contributed by atoms with van der Waals surface area (Å²) < 4.78 is 1.90. The van der Waals surface area contributed by atoms with Crippen LogP contribution in [0.1, 0.15) is 22.8 Å². The van der Waals surface area contributed by atoms with Gasteiger partial charge in [-0.1, -0.05) is 36.4 Å². The Balaban J connectivity index is 1.47. The highest BCUT2D eigenvalue weighted by Crippen LogP contribution is 2.20. The van der Waals surface area contributed by atoms with Crippen LogP contribution in [-0.4, -0.2) is 38.7 Å². The second-order valence-corrected chi connectivity index (χ2v) is 8.51. The lowest BCUT2D eigenvalue weighted by atomic mass is 10.0. The van der Waals surface area contributed by atoms with Gasteiger partial charge in [0.05, 0.1) is 29.5 Å². The summed E-state index contributed by atoms with van der Waals surface area (Å²) in [5, 5.41) is 18.6. The van der Waals surface area contributed by atoms with Crippen molar-refractivity contribution in [3.8, 4) is 0 Å². The molecule has 0 aliphatic carbocycles. The fourth-order valence-corrected chi connectivity index (χ4v) is 3.69. The van der Waals surface area contributed by atoms with Crippen LogP contribution in [0.4, 0.5) is 16.2 Å². The van der Waals surface area contributed by atoms with Gasteiger partial charge in [0.15, 0.2) is 0 Å². The lowest BCUT2D eigenvalue weighted by Gasteiger charge is -2.29. The number of hydrogen-bond donors (Lipinski definition) is 4. The van der Waals surface area contributed by atoms with Crippen molar-refractivity contribution >= 4 is 34.3 Å². The average Bonchev–Trinajstić information content (AvgIpc) is 3.23. The maximum absolute atomic E-state index is 13.1. The van der Waals surface area contributed by atoms with Crippen molar-refractivity contribution in [3.05, 3.63) is 90.3 Å². The van der Waals surface area contributed by atoms with Crippen LogP contribution in [0.15, 0.2) is 79.1 Å². The minimum atomic E-state index is -0.927. The lowest BCUT2D eigenvalue weighted by molar-refractivity contribution is 0.0831. The second-order valence-electron chi connectivity index (χ2n) is 8.51. The van der Waals surface area contributed by atoms with Gasteiger partial charge in [0.1, 0.15) is 0 Å². The lowest BCUT2D eigenvalue weighted by Crippen LogP contribution is -2.51. The fourth-order valence-electron chi connectivity index (χ4n) is 3.69. The van der Waals surface area contributed by atoms with Crippen molar-refractivity contribution < 1.29 is 14.7 Å². The first-order valence-electron chi connectivity index (χ1n) is 10.9. The summed E-state index contributed by atoms with van der Waals surface area (Å²) >= 11 is 0. The van der Waals surface area contributed by atoms with E-state index in [-0.39, 0.29) is 12.5 Å². The molecule has 4 N–H and O–H groups in total. The van der Waals surface area contributed by atoms with Crippen LogP contribution in [0.25, 0.3) is 11.0 Å². The van der Waals surface area contributed by atoms with E-state index in [0.717, 1.165) is 16.6 Å². The topological polar surface area (TPSA) is 108 Å². The maximum atomic E-state index is 13.1. The molecule has 0 saturated heterocycles. The number of aliphatic hydroxyl groups excluding tert-OH is 1. The highest BCUT2D eigenvalue weighted by Gasteiger charge is 2.27. The molecule has 0 saturated carbocycles. The van der Waals surface area contributed by atoms with Gasteiger partial charge in [0.25, 0.3) is 5.91 Å². The molecule has 1 unspecified atom stereocenters. The van der Waals surface area contributed by atoms with Crippen molar-refractivity contribution in [1.29, 1.82) is 0 Å². The van der Waals surface area contributed by atoms with Crippen LogP contribution < -0.4 is 16.0 Å². The molecule has 3 amide bonds. The molecule has 8 heteroatoms. The Hall–Kier alpha value is -4.17. The molecule has 0 spiro atoms. The Labute approximate surface area is 197 Å². The monoisotopic (exact) mass is 457 g/mol. The number of aryl methyl sites for hydroxylation is 1. The zero-order chi connectivity index (χ0) is 24.1. The number of aliphatic hydroxyl groups is 1. The van der Waals surface area contributed by atoms with Gasteiger partial charge >= 0.3 is 6.03 Å². The number of amides is 3. The molecule has 8 nitrogen and oxygen atoms in total. The van der Waals surface area contributed by atoms with Crippen LogP contribution in [-0.2, 0) is 6.54 Å². The first-order chi connectivity index (χ1) is 16.4. The molecule has 4 rings (SSSR count). The molecule has 0 bridgehead atoms. The van der Waals surface area contributed by atoms with Crippen molar-refractivity contribution in [3.63, 3.8) is 0 Å². The van der Waals surface area contributed by atoms with Crippen LogP contribution in [0.2, 0.25) is 0 Å². The highest BCUT2D eigenvalue weighted by atomic mass is 16.3. The maximum Gasteiger partial charge on any atom is 0.323 e. The second kappa shape index (κ2) is 9.76. The molecule has 0 fully saturated rings. The van der Waals surface area contributed by atoms with E-state index in [1.807, 2.05) is 54.0 Å². The number of rotatable bonds is 7. The van der Waals surface area contributed by atoms with E-state index < -0.39 is 11.6 Å². The van der Waals surface area contributed by atoms with Gasteiger partial charge in [-0.25, -0.2) is 9.78 Å². The van der Waals surface area contributed by atoms with Crippen LogP contribution in [0.3, 0.4) is 0 Å². The SMILES string of the molecule is Cc1ccc(C(=O)NC(C)(CO)Cn2cnc3ccccc32)cc1NC(=O)Nc1ccccc1. The van der Waals surface area contributed by atoms with Crippen LogP contribution in [0, 0.1) is 6.92 Å². The minimum absolute atomic E-state index is 0.262. The average molecular weight is 458 g/mol. The molecule has 34 heavy (non-hydrogen) atoms. The smallest absolute Gasteiger partial charge is 0.323 e. The molecular formula is C26H27N5O3. The quantitative estimate of drug-likeness (QED) is 0.334. The third-order valence-corrected chi connectivity index (χ3v) is 5.59. The number of carbonyl (C=O) groups is 2. The molecule has 4 aromatic rings. The summed E-state index contributed by atoms with van der Waals surface area (Å²) in [6, 6.07) is 21.5. The summed E-state index contributed by atoms with van der Waals surface area (Å²) in [5.74, 6) is -0.354. The minimum Gasteiger partial charge on any atom is -0.394 e. The van der Waals surface area contributed by atoms with E-state index >= 15 is 0 Å². The molecule has 0 radical (unpaired) electrons. The Bertz CT molecular complexity index is 1320. The van der Waals surface area contributed by atoms with Gasteiger partial charge in [0.2, 0.25) is 0 Å². The van der Waals surface area contributed by atoms with Gasteiger partial charge in [-0.2, -0.15) is 0 Å². The van der Waals surface area contributed by atoms with Gasteiger partial charge in [0, 0.05) is 23.5 Å². The number of benzene rings is 3. The largest absolute Gasteiger partial charge is 0.394 e. The summed E-state index contributed by atoms with van der Waals surface area (Å²) in [5.41, 5.74) is 3.21. The van der Waals surface area contributed by atoms with E-state index in [1.54, 1.807) is 43.6 Å². The zero-order valence-electron chi connectivity index (χ0n) is 19.1. The Kier molecular flexibility index (Phi) is 6.60. The van der Waals surface area contributed by atoms with Gasteiger partial charge < -0.3 is 25.6 Å². The number of aromatic nitrogens is 2. The van der Waals surface area contributed by atoms with Crippen molar-refractivity contribution in [2.24, 2.45) is 0 Å². The number of carbonyl (C=O) groups excluding carboxylic acids is 2. The van der Waals surface area contributed by atoms with E-state index in [4.69, 9.17) is 0 Å². The first-order valence-corrected chi connectivity index (χ1v) is 10.9. The number of fused-ring (bicyclic) bond motifs is 1. The summed E-state index contributed by atoms with van der Waals surface area (Å²) in [7, 11) is 0. The van der Waals surface area contributed by atoms with Crippen molar-refractivity contribution in [2.45, 2.75) is 25.9 Å². The molecule has 3 aromatic carbocycles. The number of anilines is 2. The molecule has 0 aliphatic heterocycles. The van der Waals surface area contributed by atoms with Crippen LogP contribution >= 0.6 is 0 Å². The molecule has 0 aliphatic rings. The predicted octanol–water partition coefficient (Wildman–Crippen LogP) is 4.17. The zero-order valence-corrected chi connectivity index (χ0v) is 19.1. The molecule has 1 heterocycles. The third kappa shape index (κ3) is 5.24. The number of urea groups is 1. The summed E-state index contributed by atoms with van der Waals surface area (Å²) in [6.07, 6.45) is 1.70. The predicted molar refractivity (Wildman–Crippen MR) is 133 cm³/mol. The van der Waals surface area contributed by atoms with Gasteiger partial charge in [-0.15, -0.1) is 0 Å². The van der Waals surface area contributed by atoms with E-state index in [0.29, 0.717) is 23.5 Å². The number of nitrogens with one attached hydrogen (secondary N) is 3. The number of para-hydroxylation sites is 3. The van der Waals surface area contributed by atoms with E-state index in [1.165, 1.54) is 0 Å². The normalized spacial score (nSPS) is 12.7. The Morgan fingerprint density at radius 3 is 2.50 bits per heavy atom. The van der Waals surface area contributed by atoms with Crippen molar-refractivity contribution in [1.82, 2.24) is 14.9 Å². The summed E-state index contributed by atoms with van der Waals surface area (Å²) in [6.45, 7) is 3.70. The number of nitrogens with zero attached hydrogens (tertiary/aromatic N) is 2. The number of hydrogen-bond acceptors (Lipinski definition) is 4. The third-order valence-electron chi connectivity index (χ3n) is 5.59. The Morgan fingerprint density at radius 1 is 1.00 bits per heavy atom. The fraction of sp³-hybridized carbons (Fsp3) is 0.192. The van der Waals surface area contributed by atoms with Crippen LogP contribution in [0.5, 0.6) is 0 Å². The van der Waals surface area contributed by atoms with E-state index in [9.17, 15) is 14.7 Å².